The fraction of sp³-hybridized carbons (Fsp3) is 0.300. The van der Waals surface area contributed by atoms with Gasteiger partial charge in [-0.15, -0.1) is 0 Å². The summed E-state index contributed by atoms with van der Waals surface area (Å²) < 4.78 is 12.7. The van der Waals surface area contributed by atoms with Gasteiger partial charge < -0.3 is 4.57 Å². The van der Waals surface area contributed by atoms with Crippen LogP contribution in [0.2, 0.25) is 0 Å². The maximum atomic E-state index is 12.7. The summed E-state index contributed by atoms with van der Waals surface area (Å²) in [5, 5.41) is 0. The van der Waals surface area contributed by atoms with Crippen LogP contribution in [-0.2, 0) is 4.57 Å². The number of hydrogen-bond acceptors (Lipinski definition) is 3. The van der Waals surface area contributed by atoms with Crippen LogP contribution in [0.5, 0.6) is 0 Å². The third-order valence-electron chi connectivity index (χ3n) is 4.22. The van der Waals surface area contributed by atoms with Crippen molar-refractivity contribution >= 4 is 48.4 Å². The quantitative estimate of drug-likeness (QED) is 0.594. The van der Waals surface area contributed by atoms with Gasteiger partial charge in [0.05, 0.1) is 0 Å². The SMILES string of the molecule is Cc1cc(C)c(C(=O)[PH](=O)C(=O)c2c(C)cc(C)cc2C)c(C)c1.[NaH]. The van der Waals surface area contributed by atoms with E-state index in [1.807, 2.05) is 65.8 Å². The topological polar surface area (TPSA) is 51.2 Å². The zero-order valence-corrected chi connectivity index (χ0v) is 16.0. The molecular formula is C20H24NaO3P. The normalized spacial score (nSPS) is 10.5. The fourth-order valence-electron chi connectivity index (χ4n) is 3.41. The van der Waals surface area contributed by atoms with Crippen LogP contribution in [0.15, 0.2) is 24.3 Å². The van der Waals surface area contributed by atoms with E-state index >= 15 is 0 Å². The van der Waals surface area contributed by atoms with Crippen molar-refractivity contribution in [3.05, 3.63) is 68.8 Å². The minimum atomic E-state index is -3.09. The van der Waals surface area contributed by atoms with E-state index in [0.29, 0.717) is 11.1 Å². The van der Waals surface area contributed by atoms with E-state index < -0.39 is 18.8 Å². The molecule has 3 nitrogen and oxygen atoms in total. The average molecular weight is 366 g/mol. The molecule has 0 amide bonds. The molecule has 0 radical (unpaired) electrons. The van der Waals surface area contributed by atoms with Gasteiger partial charge in [0.25, 0.3) is 0 Å². The number of carbonyl (C=O) groups is 2. The van der Waals surface area contributed by atoms with Gasteiger partial charge in [0.15, 0.2) is 0 Å². The Kier molecular flexibility index (Phi) is 7.58. The first-order valence-electron chi connectivity index (χ1n) is 7.92. The standard InChI is InChI=1S/C20H23O3P.Na.H/c1-11-7-13(3)17(14(4)8-11)19(21)24(23)20(22)18-15(5)9-12(2)10-16(18)6;;/h7-10,24H,1-6H3;;. The van der Waals surface area contributed by atoms with E-state index in [4.69, 9.17) is 0 Å². The first-order valence-corrected chi connectivity index (χ1v) is 9.33. The molecule has 0 spiro atoms. The average Bonchev–Trinajstić information content (AvgIpc) is 2.43. The predicted molar refractivity (Wildman–Crippen MR) is 106 cm³/mol. The molecule has 0 atom stereocenters. The van der Waals surface area contributed by atoms with E-state index in [1.54, 1.807) is 0 Å². The summed E-state index contributed by atoms with van der Waals surface area (Å²) in [5.41, 5.74) is 4.89. The molecule has 2 aromatic carbocycles. The molecule has 0 aliphatic carbocycles. The van der Waals surface area contributed by atoms with E-state index in [-0.39, 0.29) is 29.6 Å². The van der Waals surface area contributed by atoms with Gasteiger partial charge >= 0.3 is 29.6 Å². The van der Waals surface area contributed by atoms with Gasteiger partial charge in [0.2, 0.25) is 18.8 Å². The molecule has 0 aliphatic rings. The fourth-order valence-corrected chi connectivity index (χ4v) is 4.86. The Bertz CT molecular complexity index is 767. The second-order valence-electron chi connectivity index (χ2n) is 6.53. The molecule has 2 aromatic rings. The van der Waals surface area contributed by atoms with Crippen molar-refractivity contribution in [3.63, 3.8) is 0 Å². The molecule has 0 unspecified atom stereocenters. The van der Waals surface area contributed by atoms with Gasteiger partial charge in [-0.2, -0.15) is 0 Å². The molecule has 0 aromatic heterocycles. The van der Waals surface area contributed by atoms with E-state index in [9.17, 15) is 14.2 Å². The zero-order chi connectivity index (χ0) is 18.2. The van der Waals surface area contributed by atoms with Crippen LogP contribution in [0.1, 0.15) is 54.1 Å². The third kappa shape index (κ3) is 4.60. The summed E-state index contributed by atoms with van der Waals surface area (Å²) in [6.07, 6.45) is 0. The molecule has 0 saturated heterocycles. The van der Waals surface area contributed by atoms with Crippen molar-refractivity contribution in [3.8, 4) is 0 Å². The van der Waals surface area contributed by atoms with Crippen LogP contribution in [0, 0.1) is 41.5 Å². The summed E-state index contributed by atoms with van der Waals surface area (Å²) in [5.74, 6) is 0. The molecule has 0 saturated carbocycles. The number of hydrogen-bond donors (Lipinski definition) is 0. The Morgan fingerprint density at radius 2 is 0.880 bits per heavy atom. The Balaban J connectivity index is 0.00000312. The van der Waals surface area contributed by atoms with Crippen molar-refractivity contribution < 1.29 is 14.2 Å². The van der Waals surface area contributed by atoms with Crippen molar-refractivity contribution in [2.45, 2.75) is 41.5 Å². The van der Waals surface area contributed by atoms with Gasteiger partial charge in [0.1, 0.15) is 0 Å². The molecule has 5 heteroatoms. The first-order chi connectivity index (χ1) is 11.1. The van der Waals surface area contributed by atoms with Crippen LogP contribution in [0.3, 0.4) is 0 Å². The summed E-state index contributed by atoms with van der Waals surface area (Å²) in [6.45, 7) is 11.2. The third-order valence-corrected chi connectivity index (χ3v) is 5.55. The summed E-state index contributed by atoms with van der Waals surface area (Å²) in [4.78, 5) is 25.4. The molecule has 0 fully saturated rings. The number of rotatable bonds is 4. The monoisotopic (exact) mass is 366 g/mol. The number of carbonyl (C=O) groups excluding carboxylic acids is 2. The summed E-state index contributed by atoms with van der Waals surface area (Å²) in [7, 11) is -3.09. The zero-order valence-electron chi connectivity index (χ0n) is 15.0. The van der Waals surface area contributed by atoms with Crippen LogP contribution in [0.25, 0.3) is 0 Å². The van der Waals surface area contributed by atoms with Gasteiger partial charge in [0, 0.05) is 11.1 Å². The molecule has 0 N–H and O–H groups in total. The maximum absolute atomic E-state index is 12.7. The Labute approximate surface area is 172 Å². The number of aryl methyl sites for hydroxylation is 6. The van der Waals surface area contributed by atoms with E-state index in [0.717, 1.165) is 33.4 Å². The predicted octanol–water partition coefficient (Wildman–Crippen LogP) is 4.43. The molecule has 0 heterocycles. The van der Waals surface area contributed by atoms with E-state index in [1.165, 1.54) is 0 Å². The van der Waals surface area contributed by atoms with Gasteiger partial charge in [-0.1, -0.05) is 35.4 Å². The van der Waals surface area contributed by atoms with Crippen molar-refractivity contribution in [1.29, 1.82) is 0 Å². The van der Waals surface area contributed by atoms with Crippen molar-refractivity contribution in [2.75, 3.05) is 0 Å². The molecule has 25 heavy (non-hydrogen) atoms. The molecular weight excluding hydrogens is 342 g/mol. The summed E-state index contributed by atoms with van der Waals surface area (Å²) >= 11 is 0. The Morgan fingerprint density at radius 3 is 1.12 bits per heavy atom. The van der Waals surface area contributed by atoms with Crippen LogP contribution < -0.4 is 0 Å². The Morgan fingerprint density at radius 1 is 0.640 bits per heavy atom. The second kappa shape index (κ2) is 8.60. The van der Waals surface area contributed by atoms with Crippen LogP contribution >= 0.6 is 7.80 Å². The second-order valence-corrected chi connectivity index (χ2v) is 8.10. The molecule has 128 valence electrons. The van der Waals surface area contributed by atoms with Crippen molar-refractivity contribution in [1.82, 2.24) is 0 Å². The molecule has 0 bridgehead atoms. The van der Waals surface area contributed by atoms with E-state index in [2.05, 4.69) is 0 Å². The Hall–Kier alpha value is -0.990. The van der Waals surface area contributed by atoms with Crippen LogP contribution in [0.4, 0.5) is 0 Å². The van der Waals surface area contributed by atoms with Gasteiger partial charge in [-0.05, 0) is 63.8 Å². The van der Waals surface area contributed by atoms with Gasteiger partial charge in [-0.25, -0.2) is 0 Å². The first kappa shape index (κ1) is 22.1. The minimum absolute atomic E-state index is 0. The van der Waals surface area contributed by atoms with Gasteiger partial charge in [-0.3, -0.25) is 9.59 Å². The van der Waals surface area contributed by atoms with Crippen LogP contribution in [-0.4, -0.2) is 40.6 Å². The summed E-state index contributed by atoms with van der Waals surface area (Å²) in [6, 6.07) is 7.51. The number of benzene rings is 2. The molecule has 0 aliphatic heterocycles. The molecule has 2 rings (SSSR count). The van der Waals surface area contributed by atoms with Crippen molar-refractivity contribution in [2.24, 2.45) is 0 Å².